The largest absolute Gasteiger partial charge is 0.382 e. The Hall–Kier alpha value is -3.03. The van der Waals surface area contributed by atoms with Crippen LogP contribution >= 0.6 is 0 Å². The number of anilines is 2. The quantitative estimate of drug-likeness (QED) is 0.645. The van der Waals surface area contributed by atoms with Crippen LogP contribution in [0.15, 0.2) is 30.3 Å². The summed E-state index contributed by atoms with van der Waals surface area (Å²) in [6, 6.07) is 7.31. The average Bonchev–Trinajstić information content (AvgIpc) is 2.41. The number of hydrogen-bond acceptors (Lipinski definition) is 6. The minimum absolute atomic E-state index is 0.0637. The molecule has 0 unspecified atom stereocenters. The summed E-state index contributed by atoms with van der Waals surface area (Å²) in [5.74, 6) is -0.311. The molecule has 102 valence electrons. The monoisotopic (exact) mass is 273 g/mol. The second-order valence-electron chi connectivity index (χ2n) is 4.00. The van der Waals surface area contributed by atoms with Gasteiger partial charge in [-0.25, -0.2) is 0 Å². The number of aromatic nitrogens is 2. The third kappa shape index (κ3) is 2.69. The summed E-state index contributed by atoms with van der Waals surface area (Å²) < 4.78 is 0. The summed E-state index contributed by atoms with van der Waals surface area (Å²) in [5.41, 5.74) is 6.11. The number of carbonyl (C=O) groups is 1. The molecule has 1 amide bonds. The summed E-state index contributed by atoms with van der Waals surface area (Å²) >= 11 is 0. The van der Waals surface area contributed by atoms with E-state index in [-0.39, 0.29) is 17.2 Å². The second-order valence-corrected chi connectivity index (χ2v) is 4.00. The highest BCUT2D eigenvalue weighted by molar-refractivity contribution is 6.03. The summed E-state index contributed by atoms with van der Waals surface area (Å²) in [5, 5.41) is 20.6. The van der Waals surface area contributed by atoms with E-state index in [1.807, 2.05) is 0 Å². The van der Waals surface area contributed by atoms with Crippen molar-refractivity contribution < 1.29 is 9.72 Å². The molecule has 2 aromatic rings. The van der Waals surface area contributed by atoms with Crippen molar-refractivity contribution in [1.29, 1.82) is 0 Å². The van der Waals surface area contributed by atoms with Crippen molar-refractivity contribution in [2.24, 2.45) is 0 Å². The lowest BCUT2D eigenvalue weighted by molar-refractivity contribution is -0.385. The molecule has 0 fully saturated rings. The van der Waals surface area contributed by atoms with Crippen molar-refractivity contribution in [1.82, 2.24) is 10.2 Å². The first-order valence-electron chi connectivity index (χ1n) is 5.63. The standard InChI is InChI=1S/C12H11N5O3/c1-7-8(3-2-4-10(7)17(19)20)14-12(18)9-5-6-11(13)16-15-9/h2-6H,1H3,(H2,13,16)(H,14,18). The van der Waals surface area contributed by atoms with Crippen molar-refractivity contribution >= 4 is 23.1 Å². The molecule has 0 aliphatic heterocycles. The van der Waals surface area contributed by atoms with Crippen LogP contribution in [0.5, 0.6) is 0 Å². The minimum Gasteiger partial charge on any atom is -0.382 e. The first-order valence-corrected chi connectivity index (χ1v) is 5.63. The van der Waals surface area contributed by atoms with Crippen molar-refractivity contribution in [2.45, 2.75) is 6.92 Å². The molecule has 0 saturated carbocycles. The number of nitrogens with one attached hydrogen (secondary N) is 1. The van der Waals surface area contributed by atoms with E-state index in [9.17, 15) is 14.9 Å². The van der Waals surface area contributed by atoms with Gasteiger partial charge in [0, 0.05) is 6.07 Å². The van der Waals surface area contributed by atoms with Gasteiger partial charge in [0.25, 0.3) is 11.6 Å². The number of nitro groups is 1. The van der Waals surface area contributed by atoms with Crippen molar-refractivity contribution in [3.63, 3.8) is 0 Å². The molecule has 0 atom stereocenters. The lowest BCUT2D eigenvalue weighted by atomic mass is 10.1. The summed E-state index contributed by atoms with van der Waals surface area (Å²) in [6.07, 6.45) is 0. The predicted octanol–water partition coefficient (Wildman–Crippen LogP) is 1.53. The van der Waals surface area contributed by atoms with Gasteiger partial charge in [0.05, 0.1) is 16.2 Å². The molecule has 2 rings (SSSR count). The number of carbonyl (C=O) groups excluding carboxylic acids is 1. The smallest absolute Gasteiger partial charge is 0.276 e. The van der Waals surface area contributed by atoms with Crippen molar-refractivity contribution in [3.8, 4) is 0 Å². The lowest BCUT2D eigenvalue weighted by Crippen LogP contribution is -2.15. The third-order valence-corrected chi connectivity index (χ3v) is 2.67. The zero-order valence-electron chi connectivity index (χ0n) is 10.5. The summed E-state index contributed by atoms with van der Waals surface area (Å²) in [4.78, 5) is 22.3. The zero-order chi connectivity index (χ0) is 14.7. The lowest BCUT2D eigenvalue weighted by Gasteiger charge is -2.07. The Morgan fingerprint density at radius 2 is 2.05 bits per heavy atom. The summed E-state index contributed by atoms with van der Waals surface area (Å²) in [6.45, 7) is 1.56. The van der Waals surface area contributed by atoms with E-state index in [4.69, 9.17) is 5.73 Å². The number of nitrogen functional groups attached to an aromatic ring is 1. The topological polar surface area (TPSA) is 124 Å². The SMILES string of the molecule is Cc1c(NC(=O)c2ccc(N)nn2)cccc1[N+](=O)[O-]. The van der Waals surface area contributed by atoms with Gasteiger partial charge in [-0.15, -0.1) is 10.2 Å². The molecule has 1 aromatic carbocycles. The van der Waals surface area contributed by atoms with Crippen LogP contribution in [-0.4, -0.2) is 21.0 Å². The predicted molar refractivity (Wildman–Crippen MR) is 72.2 cm³/mol. The van der Waals surface area contributed by atoms with Gasteiger partial charge in [-0.3, -0.25) is 14.9 Å². The van der Waals surface area contributed by atoms with E-state index in [1.165, 1.54) is 24.3 Å². The number of hydrogen-bond donors (Lipinski definition) is 2. The molecule has 3 N–H and O–H groups in total. The molecule has 0 radical (unpaired) electrons. The highest BCUT2D eigenvalue weighted by Crippen LogP contribution is 2.25. The van der Waals surface area contributed by atoms with E-state index in [1.54, 1.807) is 13.0 Å². The zero-order valence-corrected chi connectivity index (χ0v) is 10.5. The van der Waals surface area contributed by atoms with Gasteiger partial charge in [-0.05, 0) is 25.1 Å². The Labute approximate surface area is 113 Å². The molecule has 1 heterocycles. The highest BCUT2D eigenvalue weighted by Gasteiger charge is 2.16. The maximum Gasteiger partial charge on any atom is 0.276 e. The second kappa shape index (κ2) is 5.31. The van der Waals surface area contributed by atoms with Crippen LogP contribution in [0.4, 0.5) is 17.2 Å². The van der Waals surface area contributed by atoms with Crippen LogP contribution in [-0.2, 0) is 0 Å². The molecular formula is C12H11N5O3. The maximum absolute atomic E-state index is 11.9. The fourth-order valence-corrected chi connectivity index (χ4v) is 1.61. The average molecular weight is 273 g/mol. The van der Waals surface area contributed by atoms with E-state index < -0.39 is 10.8 Å². The van der Waals surface area contributed by atoms with Crippen LogP contribution in [0, 0.1) is 17.0 Å². The van der Waals surface area contributed by atoms with Gasteiger partial charge < -0.3 is 11.1 Å². The molecule has 0 spiro atoms. The number of rotatable bonds is 3. The molecule has 0 aliphatic rings. The molecule has 8 nitrogen and oxygen atoms in total. The first-order chi connectivity index (χ1) is 9.49. The van der Waals surface area contributed by atoms with Gasteiger partial charge in [-0.2, -0.15) is 0 Å². The number of nitro benzene ring substituents is 1. The van der Waals surface area contributed by atoms with E-state index in [0.29, 0.717) is 11.3 Å². The maximum atomic E-state index is 11.9. The Balaban J connectivity index is 2.26. The number of amides is 1. The van der Waals surface area contributed by atoms with Crippen molar-refractivity contribution in [3.05, 3.63) is 51.7 Å². The Morgan fingerprint density at radius 1 is 1.30 bits per heavy atom. The molecule has 8 heteroatoms. The van der Waals surface area contributed by atoms with Gasteiger partial charge in [0.15, 0.2) is 5.69 Å². The van der Waals surface area contributed by atoms with Gasteiger partial charge in [-0.1, -0.05) is 6.07 Å². The van der Waals surface area contributed by atoms with Gasteiger partial charge in [0.1, 0.15) is 5.82 Å². The fraction of sp³-hybridized carbons (Fsp3) is 0.0833. The first kappa shape index (κ1) is 13.4. The Kier molecular flexibility index (Phi) is 3.56. The molecule has 20 heavy (non-hydrogen) atoms. The van der Waals surface area contributed by atoms with E-state index in [0.717, 1.165) is 0 Å². The van der Waals surface area contributed by atoms with Gasteiger partial charge >= 0.3 is 0 Å². The van der Waals surface area contributed by atoms with E-state index >= 15 is 0 Å². The van der Waals surface area contributed by atoms with Gasteiger partial charge in [0.2, 0.25) is 0 Å². The molecule has 0 aliphatic carbocycles. The van der Waals surface area contributed by atoms with Crippen molar-refractivity contribution in [2.75, 3.05) is 11.1 Å². The highest BCUT2D eigenvalue weighted by atomic mass is 16.6. The Bertz CT molecular complexity index is 669. The normalized spacial score (nSPS) is 10.1. The summed E-state index contributed by atoms with van der Waals surface area (Å²) in [7, 11) is 0. The third-order valence-electron chi connectivity index (χ3n) is 2.67. The fourth-order valence-electron chi connectivity index (χ4n) is 1.61. The molecule has 0 bridgehead atoms. The van der Waals surface area contributed by atoms with Crippen LogP contribution in [0.25, 0.3) is 0 Å². The van der Waals surface area contributed by atoms with Crippen LogP contribution in [0.1, 0.15) is 16.1 Å². The number of nitrogens with zero attached hydrogens (tertiary/aromatic N) is 3. The van der Waals surface area contributed by atoms with Crippen LogP contribution in [0.2, 0.25) is 0 Å². The number of benzene rings is 1. The van der Waals surface area contributed by atoms with Crippen LogP contribution in [0.3, 0.4) is 0 Å². The molecular weight excluding hydrogens is 262 g/mol. The van der Waals surface area contributed by atoms with Crippen LogP contribution < -0.4 is 11.1 Å². The molecule has 0 saturated heterocycles. The molecule has 1 aromatic heterocycles. The Morgan fingerprint density at radius 3 is 2.65 bits per heavy atom. The number of nitrogens with two attached hydrogens (primary N) is 1. The minimum atomic E-state index is -0.513. The van der Waals surface area contributed by atoms with E-state index in [2.05, 4.69) is 15.5 Å².